The fraction of sp³-hybridized carbons (Fsp3) is 0.292. The number of aliphatic hydroxyl groups is 1. The van der Waals surface area contributed by atoms with Gasteiger partial charge in [-0.2, -0.15) is 0 Å². The molecule has 1 saturated carbocycles. The number of para-hydroxylation sites is 1. The highest BCUT2D eigenvalue weighted by Crippen LogP contribution is 2.43. The van der Waals surface area contributed by atoms with Crippen molar-refractivity contribution in [3.63, 3.8) is 0 Å². The van der Waals surface area contributed by atoms with Gasteiger partial charge in [0.25, 0.3) is 5.91 Å². The van der Waals surface area contributed by atoms with E-state index >= 15 is 0 Å². The molecule has 2 aliphatic rings. The largest absolute Gasteiger partial charge is 0.503 e. The summed E-state index contributed by atoms with van der Waals surface area (Å²) in [5, 5.41) is 11.5. The Morgan fingerprint density at radius 1 is 1.23 bits per heavy atom. The molecule has 1 fully saturated rings. The lowest BCUT2D eigenvalue weighted by Gasteiger charge is -2.31. The minimum Gasteiger partial charge on any atom is -0.503 e. The first-order valence-corrected chi connectivity index (χ1v) is 10.4. The molecule has 1 amide bonds. The van der Waals surface area contributed by atoms with E-state index in [2.05, 4.69) is 4.98 Å². The summed E-state index contributed by atoms with van der Waals surface area (Å²) < 4.78 is 11.1. The summed E-state index contributed by atoms with van der Waals surface area (Å²) in [6.07, 6.45) is 6.99. The number of carbonyl (C=O) groups excluding carboxylic acids is 2. The van der Waals surface area contributed by atoms with Gasteiger partial charge in [0, 0.05) is 23.8 Å². The second-order valence-electron chi connectivity index (χ2n) is 7.92. The fourth-order valence-electron chi connectivity index (χ4n) is 4.72. The van der Waals surface area contributed by atoms with Gasteiger partial charge in [-0.1, -0.05) is 31.0 Å². The third-order valence-electron chi connectivity index (χ3n) is 6.16. The molecule has 1 N–H and O–H groups in total. The first-order chi connectivity index (χ1) is 15.1. The standard InChI is InChI=1S/C24H22N2O5/c1-30-17-10-4-6-14-12-18(31-23(14)17)21(27)19-20(15-7-5-11-25-13-15)26(24(29)22(19)28)16-8-2-3-9-16/h4-7,10-13,16,20,28H,2-3,8-9H2,1H3. The minimum atomic E-state index is -0.702. The number of aromatic nitrogens is 1. The number of pyridine rings is 1. The number of aliphatic hydroxyl groups excluding tert-OH is 1. The van der Waals surface area contributed by atoms with E-state index in [4.69, 9.17) is 9.15 Å². The van der Waals surface area contributed by atoms with Crippen LogP contribution in [-0.4, -0.2) is 39.8 Å². The van der Waals surface area contributed by atoms with E-state index in [0.717, 1.165) is 25.7 Å². The minimum absolute atomic E-state index is 0.0269. The smallest absolute Gasteiger partial charge is 0.290 e. The zero-order valence-electron chi connectivity index (χ0n) is 17.1. The highest BCUT2D eigenvalue weighted by molar-refractivity contribution is 6.16. The van der Waals surface area contributed by atoms with Gasteiger partial charge in [-0.15, -0.1) is 0 Å². The van der Waals surface area contributed by atoms with Crippen LogP contribution in [0, 0.1) is 0 Å². The molecule has 5 rings (SSSR count). The molecule has 0 bridgehead atoms. The monoisotopic (exact) mass is 418 g/mol. The average molecular weight is 418 g/mol. The number of amides is 1. The molecule has 31 heavy (non-hydrogen) atoms. The van der Waals surface area contributed by atoms with Gasteiger partial charge in [-0.3, -0.25) is 14.6 Å². The van der Waals surface area contributed by atoms with Crippen LogP contribution < -0.4 is 4.74 Å². The highest BCUT2D eigenvalue weighted by Gasteiger charge is 2.47. The summed E-state index contributed by atoms with van der Waals surface area (Å²) in [6, 6.07) is 9.83. The van der Waals surface area contributed by atoms with Crippen molar-refractivity contribution >= 4 is 22.7 Å². The van der Waals surface area contributed by atoms with Crippen molar-refractivity contribution in [3.8, 4) is 5.75 Å². The van der Waals surface area contributed by atoms with E-state index < -0.39 is 23.5 Å². The number of fused-ring (bicyclic) bond motifs is 1. The van der Waals surface area contributed by atoms with Crippen LogP contribution >= 0.6 is 0 Å². The number of ether oxygens (including phenoxy) is 1. The summed E-state index contributed by atoms with van der Waals surface area (Å²) in [7, 11) is 1.53. The van der Waals surface area contributed by atoms with Crippen molar-refractivity contribution in [1.29, 1.82) is 0 Å². The number of furan rings is 1. The van der Waals surface area contributed by atoms with E-state index in [0.29, 0.717) is 22.3 Å². The van der Waals surface area contributed by atoms with Gasteiger partial charge in [-0.05, 0) is 36.6 Å². The molecule has 7 heteroatoms. The van der Waals surface area contributed by atoms with Gasteiger partial charge in [0.2, 0.25) is 5.78 Å². The lowest BCUT2D eigenvalue weighted by molar-refractivity contribution is -0.131. The van der Waals surface area contributed by atoms with Crippen molar-refractivity contribution in [1.82, 2.24) is 9.88 Å². The number of benzene rings is 1. The number of nitrogens with zero attached hydrogens (tertiary/aromatic N) is 2. The zero-order chi connectivity index (χ0) is 21.5. The Bertz CT molecular complexity index is 1190. The van der Waals surface area contributed by atoms with Gasteiger partial charge in [0.1, 0.15) is 0 Å². The average Bonchev–Trinajstić information content (AvgIpc) is 3.52. The maximum Gasteiger partial charge on any atom is 0.290 e. The van der Waals surface area contributed by atoms with Crippen LogP contribution in [0.25, 0.3) is 11.0 Å². The number of carbonyl (C=O) groups is 2. The third-order valence-corrected chi connectivity index (χ3v) is 6.16. The van der Waals surface area contributed by atoms with Crippen LogP contribution in [-0.2, 0) is 4.79 Å². The normalized spacial score (nSPS) is 19.6. The van der Waals surface area contributed by atoms with Gasteiger partial charge < -0.3 is 19.2 Å². The molecular weight excluding hydrogens is 396 g/mol. The first-order valence-electron chi connectivity index (χ1n) is 10.4. The number of hydrogen-bond acceptors (Lipinski definition) is 6. The van der Waals surface area contributed by atoms with Gasteiger partial charge in [0.15, 0.2) is 22.9 Å². The predicted octanol–water partition coefficient (Wildman–Crippen LogP) is 4.36. The van der Waals surface area contributed by atoms with Crippen molar-refractivity contribution in [3.05, 3.63) is 71.4 Å². The molecule has 3 aromatic rings. The Morgan fingerprint density at radius 3 is 2.74 bits per heavy atom. The summed E-state index contributed by atoms with van der Waals surface area (Å²) in [4.78, 5) is 32.5. The molecule has 1 aromatic carbocycles. The van der Waals surface area contributed by atoms with E-state index in [1.54, 1.807) is 41.6 Å². The van der Waals surface area contributed by atoms with Crippen molar-refractivity contribution in [2.45, 2.75) is 37.8 Å². The quantitative estimate of drug-likeness (QED) is 0.619. The maximum atomic E-state index is 13.6. The van der Waals surface area contributed by atoms with Crippen molar-refractivity contribution in [2.75, 3.05) is 7.11 Å². The third kappa shape index (κ3) is 3.08. The Kier molecular flexibility index (Phi) is 4.73. The number of methoxy groups -OCH3 is 1. The molecule has 158 valence electrons. The van der Waals surface area contributed by atoms with Crippen molar-refractivity contribution < 1.29 is 23.8 Å². The number of rotatable bonds is 5. The van der Waals surface area contributed by atoms with Crippen LogP contribution in [0.2, 0.25) is 0 Å². The molecule has 3 heterocycles. The number of Topliss-reactive ketones (excluding diaryl/α,β-unsaturated/α-hetero) is 1. The van der Waals surface area contributed by atoms with Crippen LogP contribution in [0.4, 0.5) is 0 Å². The number of ketones is 1. The van der Waals surface area contributed by atoms with Gasteiger partial charge in [0.05, 0.1) is 18.7 Å². The second kappa shape index (κ2) is 7.58. The van der Waals surface area contributed by atoms with E-state index in [1.807, 2.05) is 12.1 Å². The topological polar surface area (TPSA) is 92.9 Å². The van der Waals surface area contributed by atoms with Gasteiger partial charge >= 0.3 is 0 Å². The Morgan fingerprint density at radius 2 is 2.03 bits per heavy atom. The first kappa shape index (κ1) is 19.4. The Balaban J connectivity index is 1.62. The second-order valence-corrected chi connectivity index (χ2v) is 7.92. The molecule has 0 spiro atoms. The molecule has 1 aliphatic heterocycles. The zero-order valence-corrected chi connectivity index (χ0v) is 17.1. The summed E-state index contributed by atoms with van der Waals surface area (Å²) in [5.74, 6) is -0.987. The molecule has 1 unspecified atom stereocenters. The Hall–Kier alpha value is -3.61. The fourth-order valence-corrected chi connectivity index (χ4v) is 4.72. The molecule has 0 radical (unpaired) electrons. The summed E-state index contributed by atoms with van der Waals surface area (Å²) >= 11 is 0. The van der Waals surface area contributed by atoms with Crippen LogP contribution in [0.3, 0.4) is 0 Å². The van der Waals surface area contributed by atoms with Gasteiger partial charge in [-0.25, -0.2) is 0 Å². The highest BCUT2D eigenvalue weighted by atomic mass is 16.5. The molecular formula is C24H22N2O5. The van der Waals surface area contributed by atoms with Crippen LogP contribution in [0.15, 0.2) is 64.5 Å². The van der Waals surface area contributed by atoms with E-state index in [-0.39, 0.29) is 17.4 Å². The Labute approximate surface area is 178 Å². The number of hydrogen-bond donors (Lipinski definition) is 1. The maximum absolute atomic E-state index is 13.6. The molecule has 7 nitrogen and oxygen atoms in total. The molecule has 1 aliphatic carbocycles. The van der Waals surface area contributed by atoms with E-state index in [1.165, 1.54) is 7.11 Å². The van der Waals surface area contributed by atoms with Crippen LogP contribution in [0.1, 0.15) is 47.8 Å². The predicted molar refractivity (Wildman–Crippen MR) is 113 cm³/mol. The van der Waals surface area contributed by atoms with E-state index in [9.17, 15) is 14.7 Å². The molecule has 0 saturated heterocycles. The molecule has 1 atom stereocenters. The molecule has 2 aromatic heterocycles. The SMILES string of the molecule is COc1cccc2cc(C(=O)C3=C(O)C(=O)N(C4CCCC4)C3c3cccnc3)oc12. The lowest BCUT2D eigenvalue weighted by Crippen LogP contribution is -2.38. The lowest BCUT2D eigenvalue weighted by atomic mass is 9.95. The van der Waals surface area contributed by atoms with Crippen molar-refractivity contribution in [2.24, 2.45) is 0 Å². The van der Waals surface area contributed by atoms with Crippen LogP contribution in [0.5, 0.6) is 5.75 Å². The summed E-state index contributed by atoms with van der Waals surface area (Å²) in [6.45, 7) is 0. The summed E-state index contributed by atoms with van der Waals surface area (Å²) in [5.41, 5.74) is 1.16.